The van der Waals surface area contributed by atoms with E-state index in [9.17, 15) is 4.79 Å². The maximum absolute atomic E-state index is 12.0. The normalized spacial score (nSPS) is 23.5. The van der Waals surface area contributed by atoms with Crippen LogP contribution in [-0.2, 0) is 4.79 Å². The lowest BCUT2D eigenvalue weighted by Crippen LogP contribution is -2.22. The highest BCUT2D eigenvalue weighted by Gasteiger charge is 2.24. The summed E-state index contributed by atoms with van der Waals surface area (Å²) in [6, 6.07) is 10.4. The highest BCUT2D eigenvalue weighted by atomic mass is 32.2. The highest BCUT2D eigenvalue weighted by Crippen LogP contribution is 2.27. The van der Waals surface area contributed by atoms with Gasteiger partial charge in [0.15, 0.2) is 5.17 Å². The minimum absolute atomic E-state index is 0.0442. The third-order valence-corrected chi connectivity index (χ3v) is 4.80. The number of nitrogens with zero attached hydrogens (tertiary/aromatic N) is 1. The third-order valence-electron chi connectivity index (χ3n) is 3.86. The van der Waals surface area contributed by atoms with Crippen molar-refractivity contribution in [1.82, 2.24) is 5.32 Å². The van der Waals surface area contributed by atoms with Gasteiger partial charge in [-0.2, -0.15) is 0 Å². The van der Waals surface area contributed by atoms with E-state index in [4.69, 9.17) is 0 Å². The van der Waals surface area contributed by atoms with Gasteiger partial charge in [-0.05, 0) is 36.2 Å². The van der Waals surface area contributed by atoms with Crippen LogP contribution in [0.2, 0.25) is 0 Å². The molecule has 1 saturated heterocycles. The first kappa shape index (κ1) is 15.1. The molecule has 1 aliphatic heterocycles. The summed E-state index contributed by atoms with van der Waals surface area (Å²) in [6.45, 7) is 0. The maximum atomic E-state index is 12.0. The Labute approximate surface area is 135 Å². The smallest absolute Gasteiger partial charge is 0.264 e. The summed E-state index contributed by atoms with van der Waals surface area (Å²) in [4.78, 5) is 17.3. The number of carbonyl (C=O) groups is 1. The van der Waals surface area contributed by atoms with Crippen molar-refractivity contribution in [2.24, 2.45) is 4.99 Å². The summed E-state index contributed by atoms with van der Waals surface area (Å²) in [7, 11) is 0. The number of aliphatic imine (C=N–C) groups is 1. The van der Waals surface area contributed by atoms with Gasteiger partial charge in [0.05, 0.1) is 10.9 Å². The molecule has 0 atom stereocenters. The van der Waals surface area contributed by atoms with E-state index in [1.807, 2.05) is 48.6 Å². The lowest BCUT2D eigenvalue weighted by molar-refractivity contribution is -0.115. The van der Waals surface area contributed by atoms with Crippen LogP contribution in [0, 0.1) is 0 Å². The Bertz CT molecular complexity index is 613. The zero-order chi connectivity index (χ0) is 15.2. The van der Waals surface area contributed by atoms with Gasteiger partial charge < -0.3 is 5.32 Å². The molecule has 114 valence electrons. The topological polar surface area (TPSA) is 41.5 Å². The average molecular weight is 312 g/mol. The van der Waals surface area contributed by atoms with Gasteiger partial charge in [-0.25, -0.2) is 0 Å². The number of rotatable bonds is 3. The van der Waals surface area contributed by atoms with Gasteiger partial charge in [0.2, 0.25) is 0 Å². The number of thioether (sulfide) groups is 1. The molecule has 0 spiro atoms. The van der Waals surface area contributed by atoms with Gasteiger partial charge in [-0.15, -0.1) is 0 Å². The predicted molar refractivity (Wildman–Crippen MR) is 93.6 cm³/mol. The molecule has 2 fully saturated rings. The van der Waals surface area contributed by atoms with Crippen LogP contribution >= 0.6 is 11.8 Å². The standard InChI is InChI=1S/C18H20N2OS/c21-17-16(13-7-10-14-8-3-1-4-9-14)22-18(20-17)19-15-11-5-2-6-12-15/h1,3-4,7-10,13,15H,2,5-6,11-12H2,(H,19,20,21)/b10-7+,16-13+. The Hall–Kier alpha value is -1.81. The molecule has 3 nitrogen and oxygen atoms in total. The first-order valence-corrected chi connectivity index (χ1v) is 8.63. The second-order valence-electron chi connectivity index (χ2n) is 5.58. The zero-order valence-corrected chi connectivity index (χ0v) is 13.3. The van der Waals surface area contributed by atoms with Gasteiger partial charge in [0.1, 0.15) is 0 Å². The molecule has 3 rings (SSSR count). The fraction of sp³-hybridized carbons (Fsp3) is 0.333. The van der Waals surface area contributed by atoms with Crippen molar-refractivity contribution < 1.29 is 4.79 Å². The van der Waals surface area contributed by atoms with Crippen molar-refractivity contribution in [3.05, 3.63) is 53.0 Å². The van der Waals surface area contributed by atoms with E-state index in [-0.39, 0.29) is 5.91 Å². The third kappa shape index (κ3) is 4.10. The fourth-order valence-electron chi connectivity index (χ4n) is 2.69. The molecule has 0 bridgehead atoms. The quantitative estimate of drug-likeness (QED) is 0.852. The van der Waals surface area contributed by atoms with Crippen LogP contribution in [0.15, 0.2) is 52.4 Å². The van der Waals surface area contributed by atoms with Crippen LogP contribution in [0.5, 0.6) is 0 Å². The molecule has 1 aromatic carbocycles. The lowest BCUT2D eigenvalue weighted by Gasteiger charge is -2.17. The van der Waals surface area contributed by atoms with E-state index in [2.05, 4.69) is 10.3 Å². The Morgan fingerprint density at radius 1 is 1.14 bits per heavy atom. The number of nitrogens with one attached hydrogen (secondary N) is 1. The summed E-state index contributed by atoms with van der Waals surface area (Å²) in [5.74, 6) is -0.0442. The van der Waals surface area contributed by atoms with Crippen molar-refractivity contribution in [2.75, 3.05) is 0 Å². The molecule has 4 heteroatoms. The average Bonchev–Trinajstić information content (AvgIpc) is 2.89. The summed E-state index contributed by atoms with van der Waals surface area (Å²) in [5.41, 5.74) is 1.12. The van der Waals surface area contributed by atoms with Crippen molar-refractivity contribution >= 4 is 28.9 Å². The van der Waals surface area contributed by atoms with Crippen LogP contribution < -0.4 is 5.32 Å². The lowest BCUT2D eigenvalue weighted by atomic mass is 9.96. The predicted octanol–water partition coefficient (Wildman–Crippen LogP) is 4.14. The number of allylic oxidation sites excluding steroid dienone is 2. The number of amides is 1. The number of carbonyl (C=O) groups excluding carboxylic acids is 1. The van der Waals surface area contributed by atoms with Crippen LogP contribution in [0.3, 0.4) is 0 Å². The molecular weight excluding hydrogens is 292 g/mol. The molecule has 1 amide bonds. The Morgan fingerprint density at radius 2 is 1.91 bits per heavy atom. The monoisotopic (exact) mass is 312 g/mol. The summed E-state index contributed by atoms with van der Waals surface area (Å²) in [6.07, 6.45) is 11.9. The molecule has 22 heavy (non-hydrogen) atoms. The number of hydrogen-bond acceptors (Lipinski definition) is 3. The Balaban J connectivity index is 1.63. The van der Waals surface area contributed by atoms with E-state index < -0.39 is 0 Å². The van der Waals surface area contributed by atoms with E-state index >= 15 is 0 Å². The summed E-state index contributed by atoms with van der Waals surface area (Å²) < 4.78 is 0. The highest BCUT2D eigenvalue weighted by molar-refractivity contribution is 8.18. The van der Waals surface area contributed by atoms with Crippen molar-refractivity contribution in [3.8, 4) is 0 Å². The maximum Gasteiger partial charge on any atom is 0.264 e. The van der Waals surface area contributed by atoms with Gasteiger partial charge in [0, 0.05) is 0 Å². The number of benzene rings is 1. The zero-order valence-electron chi connectivity index (χ0n) is 12.5. The molecule has 1 heterocycles. The SMILES string of the molecule is O=C1NC(=NC2CCCCC2)S/C1=C/C=C/c1ccccc1. The molecule has 0 unspecified atom stereocenters. The van der Waals surface area contributed by atoms with Gasteiger partial charge >= 0.3 is 0 Å². The van der Waals surface area contributed by atoms with E-state index in [0.717, 1.165) is 23.6 Å². The molecule has 0 radical (unpaired) electrons. The molecule has 1 aliphatic carbocycles. The van der Waals surface area contributed by atoms with Crippen LogP contribution in [0.1, 0.15) is 37.7 Å². The van der Waals surface area contributed by atoms with Crippen molar-refractivity contribution in [3.63, 3.8) is 0 Å². The molecule has 0 aromatic heterocycles. The van der Waals surface area contributed by atoms with E-state index in [1.54, 1.807) is 0 Å². The summed E-state index contributed by atoms with van der Waals surface area (Å²) >= 11 is 1.45. The first-order valence-electron chi connectivity index (χ1n) is 7.82. The van der Waals surface area contributed by atoms with Gasteiger partial charge in [-0.3, -0.25) is 9.79 Å². The first-order chi connectivity index (χ1) is 10.8. The van der Waals surface area contributed by atoms with Crippen molar-refractivity contribution in [2.45, 2.75) is 38.1 Å². The molecular formula is C18H20N2OS. The molecule has 1 N–H and O–H groups in total. The second-order valence-corrected chi connectivity index (χ2v) is 6.61. The van der Waals surface area contributed by atoms with Gasteiger partial charge in [0.25, 0.3) is 5.91 Å². The number of amidine groups is 1. The Morgan fingerprint density at radius 3 is 2.68 bits per heavy atom. The summed E-state index contributed by atoms with van der Waals surface area (Å²) in [5, 5.41) is 3.63. The minimum atomic E-state index is -0.0442. The fourth-order valence-corrected chi connectivity index (χ4v) is 3.53. The van der Waals surface area contributed by atoms with Crippen LogP contribution in [0.25, 0.3) is 6.08 Å². The minimum Gasteiger partial charge on any atom is -0.301 e. The van der Waals surface area contributed by atoms with Crippen LogP contribution in [-0.4, -0.2) is 17.1 Å². The molecule has 2 aliphatic rings. The number of hydrogen-bond donors (Lipinski definition) is 1. The van der Waals surface area contributed by atoms with Crippen molar-refractivity contribution in [1.29, 1.82) is 0 Å². The van der Waals surface area contributed by atoms with E-state index in [0.29, 0.717) is 10.9 Å². The molecule has 1 aromatic rings. The molecule has 1 saturated carbocycles. The second kappa shape index (κ2) is 7.45. The van der Waals surface area contributed by atoms with Gasteiger partial charge in [-0.1, -0.05) is 61.7 Å². The van der Waals surface area contributed by atoms with Crippen LogP contribution in [0.4, 0.5) is 0 Å². The van der Waals surface area contributed by atoms with E-state index in [1.165, 1.54) is 31.0 Å². The largest absolute Gasteiger partial charge is 0.301 e. The Kier molecular flexibility index (Phi) is 5.11.